The zero-order valence-electron chi connectivity index (χ0n) is 8.75. The highest BCUT2D eigenvalue weighted by Gasteiger charge is 2.02. The molecule has 2 rings (SSSR count). The van der Waals surface area contributed by atoms with Crippen molar-refractivity contribution in [3.8, 4) is 17.9 Å². The Hall–Kier alpha value is -2.85. The fourth-order valence-electron chi connectivity index (χ4n) is 1.46. The number of nitrogens with zero attached hydrogens (tertiary/aromatic N) is 3. The van der Waals surface area contributed by atoms with E-state index in [1.165, 1.54) is 6.08 Å². The van der Waals surface area contributed by atoms with Crippen molar-refractivity contribution in [2.45, 2.75) is 0 Å². The third kappa shape index (κ3) is 2.06. The predicted octanol–water partition coefficient (Wildman–Crippen LogP) is 2.37. The van der Waals surface area contributed by atoms with Crippen molar-refractivity contribution in [1.29, 1.82) is 10.5 Å². The summed E-state index contributed by atoms with van der Waals surface area (Å²) in [6, 6.07) is 12.1. The molecule has 2 aromatic rings. The van der Waals surface area contributed by atoms with Crippen LogP contribution in [0.4, 0.5) is 0 Å². The van der Waals surface area contributed by atoms with Gasteiger partial charge in [0.1, 0.15) is 29.0 Å². The summed E-state index contributed by atoms with van der Waals surface area (Å²) in [6.45, 7) is 0. The van der Waals surface area contributed by atoms with Gasteiger partial charge in [-0.2, -0.15) is 10.5 Å². The van der Waals surface area contributed by atoms with Gasteiger partial charge < -0.3 is 5.11 Å². The molecule has 17 heavy (non-hydrogen) atoms. The number of phenolic OH excluding ortho intramolecular Hbond substituents is 1. The van der Waals surface area contributed by atoms with Crippen LogP contribution in [0.15, 0.2) is 35.9 Å². The van der Waals surface area contributed by atoms with Crippen molar-refractivity contribution >= 4 is 17.0 Å². The number of allylic oxidation sites excluding steroid dienone is 1. The van der Waals surface area contributed by atoms with Crippen molar-refractivity contribution in [2.24, 2.45) is 0 Å². The Labute approximate surface area is 97.7 Å². The number of rotatable bonds is 1. The van der Waals surface area contributed by atoms with Gasteiger partial charge in [-0.3, -0.25) is 0 Å². The highest BCUT2D eigenvalue weighted by molar-refractivity contribution is 5.85. The molecule has 4 nitrogen and oxygen atoms in total. The largest absolute Gasteiger partial charge is 0.506 e. The highest BCUT2D eigenvalue weighted by Crippen LogP contribution is 2.22. The van der Waals surface area contributed by atoms with Gasteiger partial charge in [0.25, 0.3) is 0 Å². The number of hydrogen-bond donors (Lipinski definition) is 1. The third-order valence-electron chi connectivity index (χ3n) is 2.25. The maximum absolute atomic E-state index is 9.63. The molecule has 0 amide bonds. The Morgan fingerprint density at radius 2 is 1.94 bits per heavy atom. The van der Waals surface area contributed by atoms with Crippen LogP contribution in [0.5, 0.6) is 5.75 Å². The van der Waals surface area contributed by atoms with E-state index in [1.54, 1.807) is 36.4 Å². The first-order valence-corrected chi connectivity index (χ1v) is 4.85. The molecule has 0 atom stereocenters. The third-order valence-corrected chi connectivity index (χ3v) is 2.25. The maximum atomic E-state index is 9.63. The molecule has 0 aliphatic carbocycles. The minimum atomic E-state index is -0.0210. The number of aromatic hydroxyl groups is 1. The second-order valence-corrected chi connectivity index (χ2v) is 3.37. The van der Waals surface area contributed by atoms with E-state index < -0.39 is 0 Å². The van der Waals surface area contributed by atoms with Gasteiger partial charge in [-0.1, -0.05) is 18.2 Å². The fraction of sp³-hybridized carbons (Fsp3) is 0. The molecule has 0 saturated carbocycles. The monoisotopic (exact) mass is 221 g/mol. The Bertz CT molecular complexity index is 674. The van der Waals surface area contributed by atoms with E-state index in [-0.39, 0.29) is 11.3 Å². The van der Waals surface area contributed by atoms with Crippen molar-refractivity contribution in [3.63, 3.8) is 0 Å². The second kappa shape index (κ2) is 4.34. The molecule has 0 aliphatic rings. The van der Waals surface area contributed by atoms with E-state index in [1.807, 2.05) is 6.07 Å². The van der Waals surface area contributed by atoms with Crippen molar-refractivity contribution < 1.29 is 5.11 Å². The lowest BCUT2D eigenvalue weighted by Gasteiger charge is -2.00. The number of hydrogen-bond acceptors (Lipinski definition) is 4. The van der Waals surface area contributed by atoms with Crippen LogP contribution in [-0.2, 0) is 0 Å². The van der Waals surface area contributed by atoms with Gasteiger partial charge in [0.05, 0.1) is 5.69 Å². The molecular formula is C13H7N3O. The lowest BCUT2D eigenvalue weighted by Crippen LogP contribution is -1.85. The lowest BCUT2D eigenvalue weighted by atomic mass is 10.1. The molecule has 1 heterocycles. The number of para-hydroxylation sites is 1. The van der Waals surface area contributed by atoms with Gasteiger partial charge >= 0.3 is 0 Å². The van der Waals surface area contributed by atoms with E-state index in [0.717, 1.165) is 5.39 Å². The Balaban J connectivity index is 2.61. The number of aromatic nitrogens is 1. The van der Waals surface area contributed by atoms with Crippen LogP contribution in [-0.4, -0.2) is 10.1 Å². The number of phenols is 1. The predicted molar refractivity (Wildman–Crippen MR) is 62.6 cm³/mol. The van der Waals surface area contributed by atoms with E-state index in [0.29, 0.717) is 11.2 Å². The van der Waals surface area contributed by atoms with Crippen LogP contribution < -0.4 is 0 Å². The Morgan fingerprint density at radius 3 is 2.65 bits per heavy atom. The smallest absolute Gasteiger partial charge is 0.141 e. The van der Waals surface area contributed by atoms with Crippen LogP contribution >= 0.6 is 0 Å². The second-order valence-electron chi connectivity index (χ2n) is 3.37. The summed E-state index contributed by atoms with van der Waals surface area (Å²) in [4.78, 5) is 4.18. The molecule has 80 valence electrons. The standard InChI is InChI=1S/C13H7N3O/c14-7-9(8-15)6-11-5-4-10-2-1-3-12(17)13(10)16-11/h1-6,17H. The first-order valence-electron chi connectivity index (χ1n) is 4.85. The molecular weight excluding hydrogens is 214 g/mol. The number of fused-ring (bicyclic) bond motifs is 1. The van der Waals surface area contributed by atoms with E-state index in [9.17, 15) is 5.11 Å². The molecule has 0 radical (unpaired) electrons. The quantitative estimate of drug-likeness (QED) is 0.749. The van der Waals surface area contributed by atoms with E-state index in [4.69, 9.17) is 10.5 Å². The number of nitriles is 2. The van der Waals surface area contributed by atoms with Crippen molar-refractivity contribution in [1.82, 2.24) is 4.98 Å². The van der Waals surface area contributed by atoms with Gasteiger partial charge in [0.15, 0.2) is 0 Å². The average molecular weight is 221 g/mol. The van der Waals surface area contributed by atoms with Gasteiger partial charge in [-0.15, -0.1) is 0 Å². The van der Waals surface area contributed by atoms with Crippen LogP contribution in [0.1, 0.15) is 5.69 Å². The zero-order chi connectivity index (χ0) is 12.3. The van der Waals surface area contributed by atoms with Crippen LogP contribution in [0, 0.1) is 22.7 Å². The maximum Gasteiger partial charge on any atom is 0.141 e. The first kappa shape index (κ1) is 10.7. The average Bonchev–Trinajstić information content (AvgIpc) is 2.37. The molecule has 0 saturated heterocycles. The molecule has 0 aliphatic heterocycles. The molecule has 0 unspecified atom stereocenters. The first-order chi connectivity index (χ1) is 8.24. The fourth-order valence-corrected chi connectivity index (χ4v) is 1.46. The molecule has 4 heteroatoms. The summed E-state index contributed by atoms with van der Waals surface area (Å²) >= 11 is 0. The summed E-state index contributed by atoms with van der Waals surface area (Å²) < 4.78 is 0. The van der Waals surface area contributed by atoms with Crippen LogP contribution in [0.25, 0.3) is 17.0 Å². The van der Waals surface area contributed by atoms with Gasteiger partial charge in [0, 0.05) is 5.39 Å². The van der Waals surface area contributed by atoms with E-state index in [2.05, 4.69) is 4.98 Å². The summed E-state index contributed by atoms with van der Waals surface area (Å²) in [5.74, 6) is 0.0771. The van der Waals surface area contributed by atoms with Crippen molar-refractivity contribution in [2.75, 3.05) is 0 Å². The summed E-state index contributed by atoms with van der Waals surface area (Å²) in [5, 5.41) is 27.7. The molecule has 0 fully saturated rings. The zero-order valence-corrected chi connectivity index (χ0v) is 8.75. The van der Waals surface area contributed by atoms with Gasteiger partial charge in [0.2, 0.25) is 0 Å². The number of benzene rings is 1. The summed E-state index contributed by atoms with van der Waals surface area (Å²) in [5.41, 5.74) is 0.904. The topological polar surface area (TPSA) is 80.7 Å². The molecule has 1 aromatic carbocycles. The van der Waals surface area contributed by atoms with Crippen molar-refractivity contribution in [3.05, 3.63) is 41.6 Å². The van der Waals surface area contributed by atoms with Gasteiger partial charge in [-0.05, 0) is 18.2 Å². The Morgan fingerprint density at radius 1 is 1.18 bits per heavy atom. The van der Waals surface area contributed by atoms with Crippen LogP contribution in [0.3, 0.4) is 0 Å². The Kier molecular flexibility index (Phi) is 2.72. The molecule has 1 aromatic heterocycles. The molecule has 0 spiro atoms. The summed E-state index contributed by atoms with van der Waals surface area (Å²) in [6.07, 6.45) is 1.38. The van der Waals surface area contributed by atoms with Gasteiger partial charge in [-0.25, -0.2) is 4.98 Å². The van der Waals surface area contributed by atoms with Crippen LogP contribution in [0.2, 0.25) is 0 Å². The normalized spacial score (nSPS) is 9.29. The minimum absolute atomic E-state index is 0.0210. The molecule has 1 N–H and O–H groups in total. The lowest BCUT2D eigenvalue weighted by molar-refractivity contribution is 0.480. The van der Waals surface area contributed by atoms with E-state index >= 15 is 0 Å². The SMILES string of the molecule is N#CC(C#N)=Cc1ccc2cccc(O)c2n1. The number of pyridine rings is 1. The minimum Gasteiger partial charge on any atom is -0.506 e. The highest BCUT2D eigenvalue weighted by atomic mass is 16.3. The molecule has 0 bridgehead atoms. The summed E-state index contributed by atoms with van der Waals surface area (Å²) in [7, 11) is 0.